The Morgan fingerprint density at radius 3 is 2.57 bits per heavy atom. The van der Waals surface area contributed by atoms with Gasteiger partial charge in [0, 0.05) is 12.0 Å². The third kappa shape index (κ3) is 2.98. The molecule has 0 spiro atoms. The maximum absolute atomic E-state index is 12.3. The molecule has 0 saturated heterocycles. The van der Waals surface area contributed by atoms with Crippen molar-refractivity contribution in [3.05, 3.63) is 11.6 Å². The summed E-state index contributed by atoms with van der Waals surface area (Å²) in [7, 11) is 0. The van der Waals surface area contributed by atoms with Crippen molar-refractivity contribution in [3.8, 4) is 0 Å². The molecular formula is C24H38N2O2. The van der Waals surface area contributed by atoms with Crippen molar-refractivity contribution in [2.75, 3.05) is 0 Å². The predicted molar refractivity (Wildman–Crippen MR) is 111 cm³/mol. The second-order valence-electron chi connectivity index (χ2n) is 10.8. The molecule has 0 aromatic carbocycles. The fourth-order valence-corrected chi connectivity index (χ4v) is 7.78. The lowest BCUT2D eigenvalue weighted by atomic mass is 9.47. The molecule has 0 aromatic rings. The van der Waals surface area contributed by atoms with Crippen LogP contribution in [0.4, 0.5) is 0 Å². The van der Waals surface area contributed by atoms with Gasteiger partial charge in [0.1, 0.15) is 5.78 Å². The van der Waals surface area contributed by atoms with E-state index in [1.54, 1.807) is 12.5 Å². The summed E-state index contributed by atoms with van der Waals surface area (Å²) in [5.74, 6) is 2.82. The van der Waals surface area contributed by atoms with E-state index in [2.05, 4.69) is 25.2 Å². The zero-order valence-electron chi connectivity index (χ0n) is 18.1. The van der Waals surface area contributed by atoms with Crippen molar-refractivity contribution in [2.45, 2.75) is 91.1 Å². The molecule has 3 saturated carbocycles. The Kier molecular flexibility index (Phi) is 5.01. The van der Waals surface area contributed by atoms with Crippen LogP contribution in [0, 0.1) is 34.5 Å². The standard InChI is InChI=1S/C24H38N2O2/c1-14(25)22(28)26-17-9-11-23(3)16(13-17)5-6-18-20-8-7-19(15(2)27)24(20,4)12-10-21(18)23/h5,14,17-21H,6-13,25H2,1-4H3,(H,26,28)/t14?,17?,18-,19+,20-,21-,23-,24+/m0/s1. The smallest absolute Gasteiger partial charge is 0.236 e. The van der Waals surface area contributed by atoms with Gasteiger partial charge in [0.25, 0.3) is 0 Å². The highest BCUT2D eigenvalue weighted by Gasteiger charge is 2.59. The van der Waals surface area contributed by atoms with Gasteiger partial charge in [-0.3, -0.25) is 9.59 Å². The van der Waals surface area contributed by atoms with E-state index in [9.17, 15) is 9.59 Å². The molecule has 28 heavy (non-hydrogen) atoms. The normalized spacial score (nSPS) is 45.9. The molecule has 8 atom stereocenters. The lowest BCUT2D eigenvalue weighted by molar-refractivity contribution is -0.127. The SMILES string of the molecule is CC(=O)[C@H]1CC[C@H]2[C@@H]3CC=C4CC(NC(=O)C(C)N)CC[C@]4(C)[C@H]3CC[C@]12C. The Bertz CT molecular complexity index is 699. The largest absolute Gasteiger partial charge is 0.352 e. The quantitative estimate of drug-likeness (QED) is 0.721. The van der Waals surface area contributed by atoms with E-state index in [0.29, 0.717) is 11.7 Å². The molecule has 156 valence electrons. The van der Waals surface area contributed by atoms with E-state index in [4.69, 9.17) is 5.73 Å². The van der Waals surface area contributed by atoms with Gasteiger partial charge in [-0.2, -0.15) is 0 Å². The van der Waals surface area contributed by atoms with Crippen molar-refractivity contribution in [3.63, 3.8) is 0 Å². The zero-order valence-corrected chi connectivity index (χ0v) is 18.1. The summed E-state index contributed by atoms with van der Waals surface area (Å²) in [5, 5.41) is 3.16. The second-order valence-corrected chi connectivity index (χ2v) is 10.8. The number of amides is 1. The van der Waals surface area contributed by atoms with Gasteiger partial charge in [0.05, 0.1) is 6.04 Å². The van der Waals surface area contributed by atoms with Gasteiger partial charge in [0.2, 0.25) is 5.91 Å². The maximum Gasteiger partial charge on any atom is 0.236 e. The monoisotopic (exact) mass is 386 g/mol. The van der Waals surface area contributed by atoms with Crippen LogP contribution in [-0.4, -0.2) is 23.8 Å². The Hall–Kier alpha value is -1.16. The van der Waals surface area contributed by atoms with E-state index >= 15 is 0 Å². The van der Waals surface area contributed by atoms with Crippen LogP contribution in [0.15, 0.2) is 11.6 Å². The molecule has 0 aromatic heterocycles. The number of rotatable bonds is 3. The van der Waals surface area contributed by atoms with Crippen LogP contribution in [0.1, 0.15) is 79.1 Å². The summed E-state index contributed by atoms with van der Waals surface area (Å²) in [5.41, 5.74) is 7.80. The summed E-state index contributed by atoms with van der Waals surface area (Å²) < 4.78 is 0. The third-order valence-corrected chi connectivity index (χ3v) is 9.35. The highest BCUT2D eigenvalue weighted by atomic mass is 16.2. The maximum atomic E-state index is 12.3. The Labute approximate surface area is 170 Å². The topological polar surface area (TPSA) is 72.2 Å². The van der Waals surface area contributed by atoms with Crippen LogP contribution in [0.5, 0.6) is 0 Å². The van der Waals surface area contributed by atoms with Crippen molar-refractivity contribution in [2.24, 2.45) is 40.2 Å². The number of allylic oxidation sites excluding steroid dienone is 1. The van der Waals surface area contributed by atoms with E-state index in [-0.39, 0.29) is 28.7 Å². The minimum Gasteiger partial charge on any atom is -0.352 e. The number of ketones is 1. The van der Waals surface area contributed by atoms with E-state index < -0.39 is 6.04 Å². The molecule has 0 heterocycles. The first kappa shape index (κ1) is 20.1. The summed E-state index contributed by atoms with van der Waals surface area (Å²) in [6.07, 6.45) is 11.6. The van der Waals surface area contributed by atoms with E-state index in [1.165, 1.54) is 19.3 Å². The number of hydrogen-bond donors (Lipinski definition) is 2. The highest BCUT2D eigenvalue weighted by molar-refractivity contribution is 5.81. The lowest BCUT2D eigenvalue weighted by Crippen LogP contribution is -2.53. The van der Waals surface area contributed by atoms with Crippen LogP contribution in [0.25, 0.3) is 0 Å². The average Bonchev–Trinajstić information content (AvgIpc) is 2.99. The number of Topliss-reactive ketones (excluding diaryl/α,β-unsaturated/α-hetero) is 1. The van der Waals surface area contributed by atoms with Gasteiger partial charge in [-0.15, -0.1) is 0 Å². The molecule has 4 aliphatic carbocycles. The molecule has 4 heteroatoms. The average molecular weight is 387 g/mol. The lowest BCUT2D eigenvalue weighted by Gasteiger charge is -2.58. The second kappa shape index (κ2) is 6.97. The van der Waals surface area contributed by atoms with Gasteiger partial charge in [-0.05, 0) is 93.8 Å². The molecule has 4 rings (SSSR count). The molecule has 1 amide bonds. The Morgan fingerprint density at radius 1 is 1.14 bits per heavy atom. The number of fused-ring (bicyclic) bond motifs is 5. The first-order valence-corrected chi connectivity index (χ1v) is 11.4. The van der Waals surface area contributed by atoms with E-state index in [1.807, 2.05) is 6.92 Å². The number of nitrogens with one attached hydrogen (secondary N) is 1. The molecule has 2 unspecified atom stereocenters. The predicted octanol–water partition coefficient (Wildman–Crippen LogP) is 3.99. The van der Waals surface area contributed by atoms with Crippen LogP contribution >= 0.6 is 0 Å². The molecule has 0 aliphatic heterocycles. The third-order valence-electron chi connectivity index (χ3n) is 9.35. The van der Waals surface area contributed by atoms with Crippen molar-refractivity contribution in [1.29, 1.82) is 0 Å². The number of carbonyl (C=O) groups excluding carboxylic acids is 2. The molecule has 3 fully saturated rings. The minimum atomic E-state index is -0.439. The van der Waals surface area contributed by atoms with Crippen molar-refractivity contribution >= 4 is 11.7 Å². The van der Waals surface area contributed by atoms with Crippen LogP contribution in [0.3, 0.4) is 0 Å². The summed E-state index contributed by atoms with van der Waals surface area (Å²) in [6, 6.07) is -0.206. The molecule has 3 N–H and O–H groups in total. The number of nitrogens with two attached hydrogens (primary N) is 1. The summed E-state index contributed by atoms with van der Waals surface area (Å²) in [6.45, 7) is 8.46. The summed E-state index contributed by atoms with van der Waals surface area (Å²) in [4.78, 5) is 24.3. The van der Waals surface area contributed by atoms with Gasteiger partial charge in [-0.1, -0.05) is 25.5 Å². The summed E-state index contributed by atoms with van der Waals surface area (Å²) >= 11 is 0. The fourth-order valence-electron chi connectivity index (χ4n) is 7.78. The highest BCUT2D eigenvalue weighted by Crippen LogP contribution is 2.66. The van der Waals surface area contributed by atoms with Crippen LogP contribution in [-0.2, 0) is 9.59 Å². The van der Waals surface area contributed by atoms with Gasteiger partial charge in [0.15, 0.2) is 0 Å². The molecule has 4 aliphatic rings. The first-order valence-electron chi connectivity index (χ1n) is 11.4. The first-order chi connectivity index (χ1) is 13.2. The van der Waals surface area contributed by atoms with Crippen molar-refractivity contribution < 1.29 is 9.59 Å². The van der Waals surface area contributed by atoms with Gasteiger partial charge >= 0.3 is 0 Å². The molecule has 0 radical (unpaired) electrons. The minimum absolute atomic E-state index is 0.0300. The zero-order chi connectivity index (χ0) is 20.3. The molecule has 4 nitrogen and oxygen atoms in total. The van der Waals surface area contributed by atoms with Crippen LogP contribution in [0.2, 0.25) is 0 Å². The number of hydrogen-bond acceptors (Lipinski definition) is 3. The number of carbonyl (C=O) groups is 2. The van der Waals surface area contributed by atoms with Crippen LogP contribution < -0.4 is 11.1 Å². The van der Waals surface area contributed by atoms with Gasteiger partial charge in [-0.25, -0.2) is 0 Å². The Morgan fingerprint density at radius 2 is 1.89 bits per heavy atom. The molecule has 0 bridgehead atoms. The fraction of sp³-hybridized carbons (Fsp3) is 0.833. The Balaban J connectivity index is 1.54. The van der Waals surface area contributed by atoms with E-state index in [0.717, 1.165) is 43.9 Å². The van der Waals surface area contributed by atoms with Gasteiger partial charge < -0.3 is 11.1 Å². The molecular weight excluding hydrogens is 348 g/mol. The van der Waals surface area contributed by atoms with Crippen molar-refractivity contribution in [1.82, 2.24) is 5.32 Å².